The van der Waals surface area contributed by atoms with E-state index in [0.717, 1.165) is 11.1 Å². The van der Waals surface area contributed by atoms with Crippen molar-refractivity contribution in [1.29, 1.82) is 0 Å². The molecule has 0 spiro atoms. The molecule has 0 radical (unpaired) electrons. The van der Waals surface area contributed by atoms with Crippen molar-refractivity contribution in [1.82, 2.24) is 19.7 Å². The molecule has 6 nitrogen and oxygen atoms in total. The first-order valence-electron chi connectivity index (χ1n) is 9.58. The quantitative estimate of drug-likeness (QED) is 0.214. The Hall–Kier alpha value is -2.72. The molecular formula is C22H16Cl2FN5OS2. The van der Waals surface area contributed by atoms with Crippen molar-refractivity contribution in [2.45, 2.75) is 11.7 Å². The Morgan fingerprint density at radius 2 is 2.00 bits per heavy atom. The molecule has 2 aromatic carbocycles. The topological polar surface area (TPSA) is 72.7 Å². The number of anilines is 1. The molecule has 1 amide bonds. The molecule has 4 aromatic rings. The monoisotopic (exact) mass is 519 g/mol. The van der Waals surface area contributed by atoms with Gasteiger partial charge in [0, 0.05) is 28.1 Å². The van der Waals surface area contributed by atoms with E-state index in [9.17, 15) is 9.18 Å². The first kappa shape index (κ1) is 23.4. The molecule has 0 saturated carbocycles. The van der Waals surface area contributed by atoms with Gasteiger partial charge in [0.25, 0.3) is 0 Å². The Kier molecular flexibility index (Phi) is 7.44. The zero-order valence-electron chi connectivity index (χ0n) is 17.0. The molecule has 2 heterocycles. The largest absolute Gasteiger partial charge is 0.301 e. The van der Waals surface area contributed by atoms with Crippen LogP contribution in [0, 0.1) is 5.82 Å². The van der Waals surface area contributed by atoms with Gasteiger partial charge in [0.05, 0.1) is 16.5 Å². The summed E-state index contributed by atoms with van der Waals surface area (Å²) in [5.41, 5.74) is 2.11. The molecule has 0 aliphatic rings. The van der Waals surface area contributed by atoms with E-state index in [1.807, 2.05) is 9.95 Å². The average Bonchev–Trinajstić information content (AvgIpc) is 3.40. The van der Waals surface area contributed by atoms with Crippen LogP contribution < -0.4 is 5.32 Å². The lowest BCUT2D eigenvalue weighted by Gasteiger charge is -2.07. The summed E-state index contributed by atoms with van der Waals surface area (Å²) in [6.07, 6.45) is 1.71. The van der Waals surface area contributed by atoms with E-state index in [1.54, 1.807) is 36.4 Å². The van der Waals surface area contributed by atoms with Gasteiger partial charge < -0.3 is 5.32 Å². The molecule has 0 atom stereocenters. The Morgan fingerprint density at radius 3 is 2.73 bits per heavy atom. The van der Waals surface area contributed by atoms with E-state index in [0.29, 0.717) is 38.4 Å². The fourth-order valence-electron chi connectivity index (χ4n) is 2.94. The van der Waals surface area contributed by atoms with Crippen LogP contribution in [-0.4, -0.2) is 31.4 Å². The highest BCUT2D eigenvalue weighted by Crippen LogP contribution is 2.32. The van der Waals surface area contributed by atoms with Crippen molar-refractivity contribution in [3.8, 4) is 22.6 Å². The van der Waals surface area contributed by atoms with Crippen LogP contribution in [0.3, 0.4) is 0 Å². The van der Waals surface area contributed by atoms with Crippen LogP contribution in [-0.2, 0) is 11.3 Å². The number of allylic oxidation sites excluding steroid dienone is 1. The predicted molar refractivity (Wildman–Crippen MR) is 133 cm³/mol. The third-order valence-corrected chi connectivity index (χ3v) is 6.69. The van der Waals surface area contributed by atoms with Crippen molar-refractivity contribution in [3.63, 3.8) is 0 Å². The molecule has 2 aromatic heterocycles. The van der Waals surface area contributed by atoms with E-state index in [4.69, 9.17) is 23.2 Å². The summed E-state index contributed by atoms with van der Waals surface area (Å²) in [4.78, 5) is 16.9. The normalized spacial score (nSPS) is 10.9. The van der Waals surface area contributed by atoms with Gasteiger partial charge >= 0.3 is 0 Å². The SMILES string of the molecule is C=CCn1c(SCC(=O)Nc2nc(-c3ccc(Cl)cc3Cl)cs2)nnc1-c1ccc(F)cc1. The lowest BCUT2D eigenvalue weighted by Crippen LogP contribution is -2.14. The molecule has 168 valence electrons. The number of carbonyl (C=O) groups excluding carboxylic acids is 1. The summed E-state index contributed by atoms with van der Waals surface area (Å²) in [6, 6.07) is 11.2. The van der Waals surface area contributed by atoms with Crippen molar-refractivity contribution in [2.24, 2.45) is 0 Å². The minimum atomic E-state index is -0.330. The number of thioether (sulfide) groups is 1. The highest BCUT2D eigenvalue weighted by atomic mass is 35.5. The number of hydrogen-bond donors (Lipinski definition) is 1. The highest BCUT2D eigenvalue weighted by molar-refractivity contribution is 7.99. The lowest BCUT2D eigenvalue weighted by atomic mass is 10.2. The number of aromatic nitrogens is 4. The molecule has 11 heteroatoms. The van der Waals surface area contributed by atoms with E-state index in [-0.39, 0.29) is 17.5 Å². The van der Waals surface area contributed by atoms with Crippen molar-refractivity contribution >= 4 is 57.3 Å². The molecule has 0 fully saturated rings. The molecule has 0 unspecified atom stereocenters. The highest BCUT2D eigenvalue weighted by Gasteiger charge is 2.16. The zero-order valence-corrected chi connectivity index (χ0v) is 20.1. The second kappa shape index (κ2) is 10.5. The van der Waals surface area contributed by atoms with Crippen LogP contribution in [0.5, 0.6) is 0 Å². The van der Waals surface area contributed by atoms with Gasteiger partial charge in [-0.3, -0.25) is 9.36 Å². The summed E-state index contributed by atoms with van der Waals surface area (Å²) in [6.45, 7) is 4.21. The fraction of sp³-hybridized carbons (Fsp3) is 0.0909. The van der Waals surface area contributed by atoms with Gasteiger partial charge in [0.15, 0.2) is 16.1 Å². The molecule has 1 N–H and O–H groups in total. The van der Waals surface area contributed by atoms with E-state index in [1.165, 1.54) is 35.2 Å². The van der Waals surface area contributed by atoms with Gasteiger partial charge in [0.1, 0.15) is 5.82 Å². The summed E-state index contributed by atoms with van der Waals surface area (Å²) in [7, 11) is 0. The van der Waals surface area contributed by atoms with Crippen LogP contribution in [0.15, 0.2) is 65.7 Å². The van der Waals surface area contributed by atoms with Gasteiger partial charge in [-0.2, -0.15) is 0 Å². The second-order valence-corrected chi connectivity index (χ2v) is 9.36. The van der Waals surface area contributed by atoms with Crippen LogP contribution in [0.4, 0.5) is 9.52 Å². The maximum atomic E-state index is 13.3. The minimum absolute atomic E-state index is 0.106. The fourth-order valence-corrected chi connectivity index (χ4v) is 4.92. The molecule has 0 aliphatic carbocycles. The lowest BCUT2D eigenvalue weighted by molar-refractivity contribution is -0.113. The molecule has 4 rings (SSSR count). The first-order valence-corrected chi connectivity index (χ1v) is 12.2. The van der Waals surface area contributed by atoms with Crippen LogP contribution >= 0.6 is 46.3 Å². The van der Waals surface area contributed by atoms with E-state index < -0.39 is 0 Å². The molecular weight excluding hydrogens is 504 g/mol. The average molecular weight is 520 g/mol. The number of nitrogens with zero attached hydrogens (tertiary/aromatic N) is 4. The van der Waals surface area contributed by atoms with E-state index in [2.05, 4.69) is 27.1 Å². The van der Waals surface area contributed by atoms with Gasteiger partial charge in [0.2, 0.25) is 5.91 Å². The summed E-state index contributed by atoms with van der Waals surface area (Å²) in [5, 5.41) is 15.0. The van der Waals surface area contributed by atoms with Crippen LogP contribution in [0.1, 0.15) is 0 Å². The summed E-state index contributed by atoms with van der Waals surface area (Å²) < 4.78 is 15.1. The number of carbonyl (C=O) groups is 1. The van der Waals surface area contributed by atoms with Crippen LogP contribution in [0.2, 0.25) is 10.0 Å². The zero-order chi connectivity index (χ0) is 23.4. The van der Waals surface area contributed by atoms with Gasteiger partial charge in [-0.1, -0.05) is 41.0 Å². The third kappa shape index (κ3) is 5.62. The van der Waals surface area contributed by atoms with Gasteiger partial charge in [-0.05, 0) is 42.5 Å². The van der Waals surface area contributed by atoms with Crippen molar-refractivity contribution in [3.05, 3.63) is 76.4 Å². The maximum Gasteiger partial charge on any atom is 0.236 e. The number of hydrogen-bond acceptors (Lipinski definition) is 6. The summed E-state index contributed by atoms with van der Waals surface area (Å²) >= 11 is 14.7. The Bertz CT molecular complexity index is 1310. The number of amides is 1. The Morgan fingerprint density at radius 1 is 1.21 bits per heavy atom. The Balaban J connectivity index is 1.42. The predicted octanol–water partition coefficient (Wildman–Crippen LogP) is 6.43. The number of nitrogens with one attached hydrogen (secondary N) is 1. The van der Waals surface area contributed by atoms with Crippen molar-refractivity contribution in [2.75, 3.05) is 11.1 Å². The molecule has 0 aliphatic heterocycles. The smallest absolute Gasteiger partial charge is 0.236 e. The number of rotatable bonds is 8. The third-order valence-electron chi connectivity index (χ3n) is 4.42. The van der Waals surface area contributed by atoms with Gasteiger partial charge in [-0.15, -0.1) is 28.1 Å². The summed E-state index contributed by atoms with van der Waals surface area (Å²) in [5.74, 6) is 0.111. The first-order chi connectivity index (χ1) is 15.9. The van der Waals surface area contributed by atoms with E-state index >= 15 is 0 Å². The standard InChI is InChI=1S/C22H16Cl2FN5OS2/c1-2-9-30-20(13-3-6-15(25)7-4-13)28-29-22(30)33-12-19(31)27-21-26-18(11-32-21)16-8-5-14(23)10-17(16)24/h2-8,10-11H,1,9,12H2,(H,26,27,31). The molecule has 33 heavy (non-hydrogen) atoms. The number of benzene rings is 2. The van der Waals surface area contributed by atoms with Crippen molar-refractivity contribution < 1.29 is 9.18 Å². The van der Waals surface area contributed by atoms with Gasteiger partial charge in [-0.25, -0.2) is 9.37 Å². The molecule has 0 bridgehead atoms. The Labute approximate surface area is 207 Å². The number of thiazole rings is 1. The number of halogens is 3. The maximum absolute atomic E-state index is 13.3. The second-order valence-electron chi connectivity index (χ2n) is 6.71. The molecule has 0 saturated heterocycles. The minimum Gasteiger partial charge on any atom is -0.301 e. The van der Waals surface area contributed by atoms with Crippen LogP contribution in [0.25, 0.3) is 22.6 Å².